The predicted molar refractivity (Wildman–Crippen MR) is 177 cm³/mol. The zero-order valence-electron chi connectivity index (χ0n) is 25.3. The molecular formula is C35H35Cl2N3O5. The van der Waals surface area contributed by atoms with Crippen molar-refractivity contribution >= 4 is 41.2 Å². The molecule has 10 heteroatoms. The lowest BCUT2D eigenvalue weighted by molar-refractivity contribution is -0.132. The molecule has 8 nitrogen and oxygen atoms in total. The van der Waals surface area contributed by atoms with Crippen molar-refractivity contribution in [2.24, 2.45) is 5.10 Å². The predicted octanol–water partition coefficient (Wildman–Crippen LogP) is 6.92. The minimum absolute atomic E-state index is 0.240. The molecule has 234 valence electrons. The summed E-state index contributed by atoms with van der Waals surface area (Å²) in [6, 6.07) is 26.7. The van der Waals surface area contributed by atoms with E-state index in [1.54, 1.807) is 31.2 Å². The average molecular weight is 649 g/mol. The summed E-state index contributed by atoms with van der Waals surface area (Å²) in [5.41, 5.74) is 6.32. The van der Waals surface area contributed by atoms with Crippen molar-refractivity contribution in [2.75, 3.05) is 6.61 Å². The molecule has 4 aromatic rings. The molecule has 0 saturated carbocycles. The minimum Gasteiger partial charge on any atom is -0.490 e. The lowest BCUT2D eigenvalue weighted by atomic mass is 10.1. The number of amides is 2. The molecule has 0 heterocycles. The number of nitrogens with one attached hydrogen (secondary N) is 2. The number of aryl methyl sites for hydroxylation is 1. The van der Waals surface area contributed by atoms with Crippen LogP contribution >= 0.6 is 23.2 Å². The molecule has 45 heavy (non-hydrogen) atoms. The molecular weight excluding hydrogens is 613 g/mol. The quantitative estimate of drug-likeness (QED) is 0.114. The monoisotopic (exact) mass is 647 g/mol. The Morgan fingerprint density at radius 1 is 0.844 bits per heavy atom. The first-order chi connectivity index (χ1) is 21.7. The van der Waals surface area contributed by atoms with Gasteiger partial charge in [0.1, 0.15) is 18.4 Å². The van der Waals surface area contributed by atoms with Gasteiger partial charge in [-0.05, 0) is 73.9 Å². The third-order valence-electron chi connectivity index (χ3n) is 6.65. The van der Waals surface area contributed by atoms with Crippen molar-refractivity contribution in [3.63, 3.8) is 0 Å². The molecule has 0 aliphatic rings. The Balaban J connectivity index is 1.41. The number of halogens is 2. The molecule has 2 amide bonds. The van der Waals surface area contributed by atoms with E-state index in [1.165, 1.54) is 17.8 Å². The number of ether oxygens (including phenoxy) is 3. The number of nitrogens with zero attached hydrogens (tertiary/aromatic N) is 1. The van der Waals surface area contributed by atoms with E-state index in [4.69, 9.17) is 37.4 Å². The number of hydrazone groups is 1. The van der Waals surface area contributed by atoms with Gasteiger partial charge in [0.05, 0.1) is 17.8 Å². The summed E-state index contributed by atoms with van der Waals surface area (Å²) in [5, 5.41) is 7.63. The lowest BCUT2D eigenvalue weighted by Gasteiger charge is -2.21. The molecule has 4 rings (SSSR count). The first-order valence-electron chi connectivity index (χ1n) is 14.5. The molecule has 0 bridgehead atoms. The number of carbonyl (C=O) groups excluding carboxylic acids is 2. The number of benzene rings is 4. The Kier molecular flexibility index (Phi) is 12.2. The van der Waals surface area contributed by atoms with Gasteiger partial charge in [-0.1, -0.05) is 83.4 Å². The smallest absolute Gasteiger partial charge is 0.262 e. The van der Waals surface area contributed by atoms with Crippen LogP contribution in [0.4, 0.5) is 0 Å². The number of rotatable bonds is 14. The molecule has 0 fully saturated rings. The molecule has 0 aromatic heterocycles. The maximum Gasteiger partial charge on any atom is 0.262 e. The summed E-state index contributed by atoms with van der Waals surface area (Å²) in [5.74, 6) is 0.464. The van der Waals surface area contributed by atoms with Crippen LogP contribution in [0, 0.1) is 6.92 Å². The topological polar surface area (TPSA) is 98.2 Å². The normalized spacial score (nSPS) is 12.3. The average Bonchev–Trinajstić information content (AvgIpc) is 3.03. The SMILES string of the molecule is CCOc1cc(/C=N\NC(=O)[C@H](Cc2ccccc2)NC(=O)[C@H](C)Oc2ccc(Cl)cc2Cl)ccc1OCc1ccc(C)cc1. The fraction of sp³-hybridized carbons (Fsp3) is 0.229. The van der Waals surface area contributed by atoms with Gasteiger partial charge in [0, 0.05) is 11.4 Å². The molecule has 2 N–H and O–H groups in total. The Labute approximate surface area is 273 Å². The van der Waals surface area contributed by atoms with E-state index in [-0.39, 0.29) is 11.4 Å². The highest BCUT2D eigenvalue weighted by Crippen LogP contribution is 2.29. The zero-order valence-corrected chi connectivity index (χ0v) is 26.8. The van der Waals surface area contributed by atoms with Crippen LogP contribution < -0.4 is 25.0 Å². The zero-order chi connectivity index (χ0) is 32.2. The van der Waals surface area contributed by atoms with Gasteiger partial charge in [0.25, 0.3) is 11.8 Å². The van der Waals surface area contributed by atoms with Crippen LogP contribution in [0.1, 0.15) is 36.1 Å². The summed E-state index contributed by atoms with van der Waals surface area (Å²) < 4.78 is 17.5. The van der Waals surface area contributed by atoms with Crippen molar-refractivity contribution in [2.45, 2.75) is 45.9 Å². The Morgan fingerprint density at radius 2 is 1.58 bits per heavy atom. The van der Waals surface area contributed by atoms with Crippen molar-refractivity contribution in [3.05, 3.63) is 123 Å². The third kappa shape index (κ3) is 10.3. The van der Waals surface area contributed by atoms with Gasteiger partial charge in [-0.2, -0.15) is 5.10 Å². The van der Waals surface area contributed by atoms with E-state index in [2.05, 4.69) is 15.8 Å². The van der Waals surface area contributed by atoms with Gasteiger partial charge in [-0.3, -0.25) is 9.59 Å². The van der Waals surface area contributed by atoms with Gasteiger partial charge in [-0.25, -0.2) is 5.43 Å². The third-order valence-corrected chi connectivity index (χ3v) is 7.18. The molecule has 0 saturated heterocycles. The molecule has 0 aliphatic heterocycles. The van der Waals surface area contributed by atoms with E-state index in [1.807, 2.05) is 74.5 Å². The van der Waals surface area contributed by atoms with Crippen LogP contribution in [0.5, 0.6) is 17.2 Å². The van der Waals surface area contributed by atoms with Crippen molar-refractivity contribution < 1.29 is 23.8 Å². The van der Waals surface area contributed by atoms with Crippen molar-refractivity contribution in [3.8, 4) is 17.2 Å². The van der Waals surface area contributed by atoms with Crippen LogP contribution in [0.3, 0.4) is 0 Å². The molecule has 0 unspecified atom stereocenters. The highest BCUT2D eigenvalue weighted by Gasteiger charge is 2.25. The highest BCUT2D eigenvalue weighted by atomic mass is 35.5. The van der Waals surface area contributed by atoms with Crippen LogP contribution in [0.2, 0.25) is 10.0 Å². The molecule has 4 aromatic carbocycles. The van der Waals surface area contributed by atoms with Crippen LogP contribution in [0.25, 0.3) is 0 Å². The second-order valence-electron chi connectivity index (χ2n) is 10.2. The maximum absolute atomic E-state index is 13.2. The first kappa shape index (κ1) is 33.4. The minimum atomic E-state index is -0.943. The first-order valence-corrected chi connectivity index (χ1v) is 15.2. The fourth-order valence-electron chi connectivity index (χ4n) is 4.25. The largest absolute Gasteiger partial charge is 0.490 e. The van der Waals surface area contributed by atoms with Crippen molar-refractivity contribution in [1.29, 1.82) is 0 Å². The highest BCUT2D eigenvalue weighted by molar-refractivity contribution is 6.35. The van der Waals surface area contributed by atoms with Crippen LogP contribution in [-0.2, 0) is 22.6 Å². The number of hydrogen-bond donors (Lipinski definition) is 2. The standard InChI is InChI=1S/C35H35Cl2N3O5/c1-4-43-33-19-27(14-16-32(33)44-22-26-12-10-23(2)11-13-26)21-38-40-35(42)30(18-25-8-6-5-7-9-25)39-34(41)24(3)45-31-17-15-28(36)20-29(31)37/h5-17,19-21,24,30H,4,18,22H2,1-3H3,(H,39,41)(H,40,42)/b38-21-/t24-,30-/m0/s1. The van der Waals surface area contributed by atoms with Gasteiger partial charge in [-0.15, -0.1) is 0 Å². The molecule has 0 aliphatic carbocycles. The number of carbonyl (C=O) groups is 2. The van der Waals surface area contributed by atoms with Crippen molar-refractivity contribution in [1.82, 2.24) is 10.7 Å². The maximum atomic E-state index is 13.2. The summed E-state index contributed by atoms with van der Waals surface area (Å²) >= 11 is 12.2. The van der Waals surface area contributed by atoms with E-state index in [0.717, 1.165) is 11.1 Å². The lowest BCUT2D eigenvalue weighted by Crippen LogP contribution is -2.50. The molecule has 0 radical (unpaired) electrons. The summed E-state index contributed by atoms with van der Waals surface area (Å²) in [7, 11) is 0. The van der Waals surface area contributed by atoms with Crippen LogP contribution in [-0.4, -0.2) is 36.8 Å². The van der Waals surface area contributed by atoms with E-state index < -0.39 is 24.0 Å². The van der Waals surface area contributed by atoms with Gasteiger partial charge in [0.15, 0.2) is 17.6 Å². The van der Waals surface area contributed by atoms with Gasteiger partial charge in [0.2, 0.25) is 0 Å². The summed E-state index contributed by atoms with van der Waals surface area (Å²) in [6.45, 7) is 6.35. The molecule has 0 spiro atoms. The second-order valence-corrected chi connectivity index (χ2v) is 11.1. The summed E-state index contributed by atoms with van der Waals surface area (Å²) in [6.07, 6.45) is 0.797. The van der Waals surface area contributed by atoms with E-state index in [0.29, 0.717) is 41.0 Å². The van der Waals surface area contributed by atoms with Gasteiger partial charge >= 0.3 is 0 Å². The fourth-order valence-corrected chi connectivity index (χ4v) is 4.70. The molecule has 2 atom stereocenters. The Morgan fingerprint density at radius 3 is 2.29 bits per heavy atom. The number of hydrogen-bond acceptors (Lipinski definition) is 6. The van der Waals surface area contributed by atoms with Gasteiger partial charge < -0.3 is 19.5 Å². The van der Waals surface area contributed by atoms with E-state index in [9.17, 15) is 9.59 Å². The Bertz CT molecular complexity index is 1610. The van der Waals surface area contributed by atoms with E-state index >= 15 is 0 Å². The summed E-state index contributed by atoms with van der Waals surface area (Å²) in [4.78, 5) is 26.3. The van der Waals surface area contributed by atoms with Crippen LogP contribution in [0.15, 0.2) is 96.1 Å². The second kappa shape index (κ2) is 16.5. The Hall–Kier alpha value is -4.53.